The van der Waals surface area contributed by atoms with Crippen LogP contribution < -0.4 is 20.7 Å². The standard InChI is InChI=1S/C24H35N5O5/c1-4-28-10-12-29(13-11-28)24(33)18-15-20(30)27-21(16(2)3)23(32)25-9-14-34-19-8-6-5-7-17(19)22(31)26-18/h5-8,16,18,21H,4,9-15H2,1-3H3,(H,25,32)(H,26,31)(H,27,30)/t18-,21+/m0/s1. The highest BCUT2D eigenvalue weighted by Gasteiger charge is 2.33. The number of rotatable bonds is 3. The van der Waals surface area contributed by atoms with Crippen LogP contribution in [-0.4, -0.2) is 91.4 Å². The third-order valence-corrected chi connectivity index (χ3v) is 6.18. The molecule has 3 N–H and O–H groups in total. The zero-order valence-electron chi connectivity index (χ0n) is 20.1. The molecule has 0 saturated carbocycles. The first-order valence-corrected chi connectivity index (χ1v) is 11.9. The van der Waals surface area contributed by atoms with Crippen molar-refractivity contribution in [1.82, 2.24) is 25.8 Å². The Bertz CT molecular complexity index is 897. The summed E-state index contributed by atoms with van der Waals surface area (Å²) >= 11 is 0. The fourth-order valence-electron chi connectivity index (χ4n) is 4.12. The Hall–Kier alpha value is -3.14. The van der Waals surface area contributed by atoms with Crippen LogP contribution >= 0.6 is 0 Å². The number of hydrogen-bond acceptors (Lipinski definition) is 6. The van der Waals surface area contributed by atoms with Crippen LogP contribution in [0.5, 0.6) is 5.75 Å². The summed E-state index contributed by atoms with van der Waals surface area (Å²) in [6.07, 6.45) is -0.266. The lowest BCUT2D eigenvalue weighted by Crippen LogP contribution is -2.57. The summed E-state index contributed by atoms with van der Waals surface area (Å²) < 4.78 is 5.74. The van der Waals surface area contributed by atoms with Gasteiger partial charge in [-0.1, -0.05) is 32.9 Å². The molecule has 1 aromatic rings. The van der Waals surface area contributed by atoms with Gasteiger partial charge in [-0.15, -0.1) is 0 Å². The second kappa shape index (κ2) is 11.8. The number of ether oxygens (including phenoxy) is 1. The van der Waals surface area contributed by atoms with Crippen molar-refractivity contribution in [3.8, 4) is 5.75 Å². The normalized spacial score (nSPS) is 23.2. The highest BCUT2D eigenvalue weighted by molar-refractivity contribution is 6.01. The molecule has 2 aliphatic rings. The second-order valence-corrected chi connectivity index (χ2v) is 8.91. The fourth-order valence-corrected chi connectivity index (χ4v) is 4.12. The first-order chi connectivity index (χ1) is 16.3. The maximum absolute atomic E-state index is 13.4. The highest BCUT2D eigenvalue weighted by Crippen LogP contribution is 2.19. The van der Waals surface area contributed by atoms with Crippen LogP contribution in [0.1, 0.15) is 37.6 Å². The molecule has 2 heterocycles. The van der Waals surface area contributed by atoms with E-state index in [1.165, 1.54) is 0 Å². The lowest BCUT2D eigenvalue weighted by Gasteiger charge is -2.36. The van der Waals surface area contributed by atoms with Crippen LogP contribution in [0.4, 0.5) is 0 Å². The molecule has 34 heavy (non-hydrogen) atoms. The van der Waals surface area contributed by atoms with Gasteiger partial charge in [-0.2, -0.15) is 0 Å². The van der Waals surface area contributed by atoms with Crippen molar-refractivity contribution in [1.29, 1.82) is 0 Å². The highest BCUT2D eigenvalue weighted by atomic mass is 16.5. The van der Waals surface area contributed by atoms with E-state index >= 15 is 0 Å². The number of carbonyl (C=O) groups is 4. The Morgan fingerprint density at radius 3 is 2.47 bits per heavy atom. The number of benzene rings is 1. The number of nitrogens with zero attached hydrogens (tertiary/aromatic N) is 2. The van der Waals surface area contributed by atoms with E-state index in [-0.39, 0.29) is 42.9 Å². The van der Waals surface area contributed by atoms with Crippen LogP contribution in [-0.2, 0) is 14.4 Å². The molecule has 10 nitrogen and oxygen atoms in total. The zero-order valence-corrected chi connectivity index (χ0v) is 20.1. The van der Waals surface area contributed by atoms with Gasteiger partial charge in [0.2, 0.25) is 17.7 Å². The van der Waals surface area contributed by atoms with Gasteiger partial charge in [0.05, 0.1) is 18.5 Å². The van der Waals surface area contributed by atoms with Gasteiger partial charge >= 0.3 is 0 Å². The minimum absolute atomic E-state index is 0.152. The number of likely N-dealkylation sites (N-methyl/N-ethyl adjacent to an activating group) is 1. The van der Waals surface area contributed by atoms with Crippen LogP contribution in [0.25, 0.3) is 0 Å². The molecule has 0 bridgehead atoms. The van der Waals surface area contributed by atoms with Gasteiger partial charge in [-0.3, -0.25) is 19.2 Å². The molecule has 1 fully saturated rings. The molecule has 4 amide bonds. The lowest BCUT2D eigenvalue weighted by atomic mass is 10.0. The SMILES string of the molecule is CCN1CCN(C(=O)[C@@H]2CC(=O)N[C@H](C(C)C)C(=O)NCCOc3ccccc3C(=O)N2)CC1. The number of hydrogen-bond donors (Lipinski definition) is 3. The minimum atomic E-state index is -1.06. The number of amides is 4. The van der Waals surface area contributed by atoms with Crippen LogP contribution in [0.15, 0.2) is 24.3 Å². The van der Waals surface area contributed by atoms with Gasteiger partial charge in [0.25, 0.3) is 5.91 Å². The topological polar surface area (TPSA) is 120 Å². The van der Waals surface area contributed by atoms with E-state index in [4.69, 9.17) is 4.74 Å². The Morgan fingerprint density at radius 2 is 1.79 bits per heavy atom. The molecule has 1 saturated heterocycles. The first-order valence-electron chi connectivity index (χ1n) is 11.9. The van der Waals surface area contributed by atoms with E-state index in [1.807, 2.05) is 13.8 Å². The Labute approximate surface area is 200 Å². The lowest BCUT2D eigenvalue weighted by molar-refractivity contribution is -0.138. The molecule has 2 aliphatic heterocycles. The van der Waals surface area contributed by atoms with E-state index in [0.29, 0.717) is 18.8 Å². The maximum Gasteiger partial charge on any atom is 0.255 e. The molecule has 1 aromatic carbocycles. The summed E-state index contributed by atoms with van der Waals surface area (Å²) in [5.74, 6) is -1.41. The van der Waals surface area contributed by atoms with E-state index in [0.717, 1.165) is 19.6 Å². The van der Waals surface area contributed by atoms with E-state index in [2.05, 4.69) is 27.8 Å². The van der Waals surface area contributed by atoms with Crippen molar-refractivity contribution >= 4 is 23.6 Å². The molecule has 0 radical (unpaired) electrons. The van der Waals surface area contributed by atoms with Gasteiger partial charge in [0.15, 0.2) is 0 Å². The monoisotopic (exact) mass is 473 g/mol. The summed E-state index contributed by atoms with van der Waals surface area (Å²) in [5.41, 5.74) is 0.264. The van der Waals surface area contributed by atoms with Gasteiger partial charge in [-0.25, -0.2) is 0 Å². The number of piperazine rings is 1. The number of para-hydroxylation sites is 1. The van der Waals surface area contributed by atoms with Crippen molar-refractivity contribution in [2.75, 3.05) is 45.9 Å². The summed E-state index contributed by atoms with van der Waals surface area (Å²) in [6.45, 7) is 9.53. The largest absolute Gasteiger partial charge is 0.491 e. The van der Waals surface area contributed by atoms with Crippen LogP contribution in [0.3, 0.4) is 0 Å². The molecule has 0 aliphatic carbocycles. The molecule has 10 heteroatoms. The Morgan fingerprint density at radius 1 is 1.09 bits per heavy atom. The average Bonchev–Trinajstić information content (AvgIpc) is 2.83. The predicted molar refractivity (Wildman–Crippen MR) is 126 cm³/mol. The van der Waals surface area contributed by atoms with Crippen molar-refractivity contribution in [2.24, 2.45) is 5.92 Å². The minimum Gasteiger partial charge on any atom is -0.491 e. The number of nitrogens with one attached hydrogen (secondary N) is 3. The summed E-state index contributed by atoms with van der Waals surface area (Å²) in [5, 5.41) is 8.25. The average molecular weight is 474 g/mol. The summed E-state index contributed by atoms with van der Waals surface area (Å²) in [7, 11) is 0. The Kier molecular flexibility index (Phi) is 8.86. The van der Waals surface area contributed by atoms with Crippen LogP contribution in [0.2, 0.25) is 0 Å². The van der Waals surface area contributed by atoms with Crippen molar-refractivity contribution < 1.29 is 23.9 Å². The molecule has 186 valence electrons. The summed E-state index contributed by atoms with van der Waals surface area (Å²) in [4.78, 5) is 56.0. The zero-order chi connectivity index (χ0) is 24.7. The molecular weight excluding hydrogens is 438 g/mol. The summed E-state index contributed by atoms with van der Waals surface area (Å²) in [6, 6.07) is 4.88. The molecule has 0 unspecified atom stereocenters. The predicted octanol–water partition coefficient (Wildman–Crippen LogP) is -0.0114. The van der Waals surface area contributed by atoms with Crippen molar-refractivity contribution in [3.05, 3.63) is 29.8 Å². The number of fused-ring (bicyclic) bond motifs is 1. The van der Waals surface area contributed by atoms with Crippen molar-refractivity contribution in [3.63, 3.8) is 0 Å². The van der Waals surface area contributed by atoms with Gasteiger partial charge in [-0.05, 0) is 24.6 Å². The molecule has 0 aromatic heterocycles. The molecule has 3 rings (SSSR count). The Balaban J connectivity index is 1.86. The quantitative estimate of drug-likeness (QED) is 0.568. The van der Waals surface area contributed by atoms with Crippen molar-refractivity contribution in [2.45, 2.75) is 39.3 Å². The van der Waals surface area contributed by atoms with Gasteiger partial charge in [0, 0.05) is 26.2 Å². The maximum atomic E-state index is 13.4. The second-order valence-electron chi connectivity index (χ2n) is 8.91. The third kappa shape index (κ3) is 6.47. The molecule has 2 atom stereocenters. The van der Waals surface area contributed by atoms with Gasteiger partial charge in [0.1, 0.15) is 24.4 Å². The van der Waals surface area contributed by atoms with Gasteiger partial charge < -0.3 is 30.5 Å². The smallest absolute Gasteiger partial charge is 0.255 e. The molecule has 0 spiro atoms. The third-order valence-electron chi connectivity index (χ3n) is 6.18. The van der Waals surface area contributed by atoms with E-state index in [1.54, 1.807) is 29.2 Å². The van der Waals surface area contributed by atoms with E-state index < -0.39 is 23.9 Å². The fraction of sp³-hybridized carbons (Fsp3) is 0.583. The van der Waals surface area contributed by atoms with Crippen LogP contribution in [0, 0.1) is 5.92 Å². The first kappa shape index (κ1) is 25.5. The number of carbonyl (C=O) groups excluding carboxylic acids is 4. The molecular formula is C24H35N5O5. The van der Waals surface area contributed by atoms with E-state index in [9.17, 15) is 19.2 Å².